The molecule has 3 nitrogen and oxygen atoms in total. The first-order valence-corrected chi connectivity index (χ1v) is 7.22. The molecule has 0 bridgehead atoms. The summed E-state index contributed by atoms with van der Waals surface area (Å²) in [6.45, 7) is 8.11. The first-order valence-electron chi connectivity index (χ1n) is 7.22. The van der Waals surface area contributed by atoms with Gasteiger partial charge in [0.25, 0.3) is 5.91 Å². The number of nitrogens with one attached hydrogen (secondary N) is 1. The molecule has 3 rings (SSSR count). The van der Waals surface area contributed by atoms with Gasteiger partial charge in [-0.25, -0.2) is 0 Å². The summed E-state index contributed by atoms with van der Waals surface area (Å²) in [5.74, 6) is 1.65. The van der Waals surface area contributed by atoms with Crippen LogP contribution < -0.4 is 5.32 Å². The van der Waals surface area contributed by atoms with Crippen molar-refractivity contribution in [2.45, 2.75) is 20.3 Å². The van der Waals surface area contributed by atoms with Crippen LogP contribution in [0.2, 0.25) is 0 Å². The van der Waals surface area contributed by atoms with Gasteiger partial charge in [-0.3, -0.25) is 4.79 Å². The predicted molar refractivity (Wildman–Crippen MR) is 76.3 cm³/mol. The third-order valence-electron chi connectivity index (χ3n) is 4.62. The highest BCUT2D eigenvalue weighted by molar-refractivity contribution is 5.95. The molecule has 19 heavy (non-hydrogen) atoms. The minimum atomic E-state index is 0.214. The fraction of sp³-hybridized carbons (Fsp3) is 0.562. The van der Waals surface area contributed by atoms with Gasteiger partial charge in [0, 0.05) is 18.7 Å². The van der Waals surface area contributed by atoms with Crippen molar-refractivity contribution in [1.29, 1.82) is 0 Å². The van der Waals surface area contributed by atoms with Gasteiger partial charge in [-0.05, 0) is 56.8 Å². The molecular weight excluding hydrogens is 236 g/mol. The van der Waals surface area contributed by atoms with Crippen molar-refractivity contribution in [1.82, 2.24) is 10.2 Å². The highest BCUT2D eigenvalue weighted by Crippen LogP contribution is 2.27. The number of rotatable bonds is 1. The van der Waals surface area contributed by atoms with Gasteiger partial charge in [0.05, 0.1) is 0 Å². The van der Waals surface area contributed by atoms with Crippen molar-refractivity contribution in [3.63, 3.8) is 0 Å². The average Bonchev–Trinajstić information content (AvgIpc) is 2.88. The van der Waals surface area contributed by atoms with Crippen LogP contribution >= 0.6 is 0 Å². The first-order chi connectivity index (χ1) is 9.15. The lowest BCUT2D eigenvalue weighted by Gasteiger charge is -2.34. The molecule has 3 heteroatoms. The van der Waals surface area contributed by atoms with Crippen LogP contribution in [0.1, 0.15) is 27.9 Å². The summed E-state index contributed by atoms with van der Waals surface area (Å²) >= 11 is 0. The lowest BCUT2D eigenvalue weighted by molar-refractivity contribution is 0.0641. The number of carbonyl (C=O) groups excluding carboxylic acids is 1. The number of amides is 1. The Morgan fingerprint density at radius 2 is 2.05 bits per heavy atom. The van der Waals surface area contributed by atoms with E-state index in [2.05, 4.69) is 16.3 Å². The number of hydrogen-bond acceptors (Lipinski definition) is 2. The second kappa shape index (κ2) is 4.97. The van der Waals surface area contributed by atoms with Gasteiger partial charge in [0.1, 0.15) is 0 Å². The quantitative estimate of drug-likeness (QED) is 0.835. The third kappa shape index (κ3) is 2.39. The summed E-state index contributed by atoms with van der Waals surface area (Å²) in [6.07, 6.45) is 1.15. The number of carbonyl (C=O) groups is 1. The topological polar surface area (TPSA) is 32.3 Å². The summed E-state index contributed by atoms with van der Waals surface area (Å²) < 4.78 is 0. The van der Waals surface area contributed by atoms with E-state index in [0.29, 0.717) is 5.92 Å². The first kappa shape index (κ1) is 12.7. The lowest BCUT2D eigenvalue weighted by atomic mass is 9.88. The molecule has 2 aliphatic heterocycles. The van der Waals surface area contributed by atoms with E-state index in [9.17, 15) is 4.79 Å². The molecule has 0 spiro atoms. The zero-order valence-corrected chi connectivity index (χ0v) is 11.8. The Kier molecular flexibility index (Phi) is 3.31. The lowest BCUT2D eigenvalue weighted by Crippen LogP contribution is -2.43. The second-order valence-corrected chi connectivity index (χ2v) is 6.04. The van der Waals surface area contributed by atoms with Crippen molar-refractivity contribution < 1.29 is 4.79 Å². The number of likely N-dealkylation sites (tertiary alicyclic amines) is 1. The number of benzene rings is 1. The molecular formula is C16H22N2O. The van der Waals surface area contributed by atoms with Gasteiger partial charge in [-0.2, -0.15) is 0 Å². The fourth-order valence-electron chi connectivity index (χ4n) is 3.36. The summed E-state index contributed by atoms with van der Waals surface area (Å²) in [5.41, 5.74) is 3.12. The minimum Gasteiger partial charge on any atom is -0.338 e. The second-order valence-electron chi connectivity index (χ2n) is 6.04. The van der Waals surface area contributed by atoms with Crippen molar-refractivity contribution in [2.75, 3.05) is 26.2 Å². The average molecular weight is 258 g/mol. The monoisotopic (exact) mass is 258 g/mol. The van der Waals surface area contributed by atoms with Crippen LogP contribution in [0.15, 0.2) is 18.2 Å². The van der Waals surface area contributed by atoms with E-state index in [0.717, 1.165) is 55.2 Å². The maximum absolute atomic E-state index is 12.7. The van der Waals surface area contributed by atoms with Crippen molar-refractivity contribution in [3.05, 3.63) is 34.9 Å². The maximum atomic E-state index is 12.7. The van der Waals surface area contributed by atoms with E-state index in [1.165, 1.54) is 0 Å². The summed E-state index contributed by atoms with van der Waals surface area (Å²) in [5, 5.41) is 3.45. The molecule has 0 aromatic heterocycles. The Bertz CT molecular complexity index is 498. The van der Waals surface area contributed by atoms with Gasteiger partial charge in [0.2, 0.25) is 0 Å². The number of aryl methyl sites for hydroxylation is 2. The third-order valence-corrected chi connectivity index (χ3v) is 4.62. The number of piperidine rings is 1. The van der Waals surface area contributed by atoms with Gasteiger partial charge >= 0.3 is 0 Å². The van der Waals surface area contributed by atoms with Crippen LogP contribution in [0.5, 0.6) is 0 Å². The Labute approximate surface area is 115 Å². The van der Waals surface area contributed by atoms with Gasteiger partial charge < -0.3 is 10.2 Å². The SMILES string of the molecule is Cc1ccc(C)c(C(=O)N2CCC3CNCC3C2)c1. The van der Waals surface area contributed by atoms with E-state index in [4.69, 9.17) is 0 Å². The van der Waals surface area contributed by atoms with E-state index in [-0.39, 0.29) is 5.91 Å². The number of fused-ring (bicyclic) bond motifs is 1. The molecule has 0 radical (unpaired) electrons. The Morgan fingerprint density at radius 1 is 1.26 bits per heavy atom. The highest BCUT2D eigenvalue weighted by Gasteiger charge is 2.34. The molecule has 2 atom stereocenters. The molecule has 1 aromatic rings. The molecule has 1 amide bonds. The summed E-state index contributed by atoms with van der Waals surface area (Å²) in [7, 11) is 0. The van der Waals surface area contributed by atoms with Crippen LogP contribution in [0, 0.1) is 25.7 Å². The van der Waals surface area contributed by atoms with Gasteiger partial charge in [0.15, 0.2) is 0 Å². The molecule has 0 aliphatic carbocycles. The van der Waals surface area contributed by atoms with Crippen LogP contribution in [0.25, 0.3) is 0 Å². The molecule has 1 aromatic carbocycles. The standard InChI is InChI=1S/C16H22N2O/c1-11-3-4-12(2)15(7-11)16(19)18-6-5-13-8-17-9-14(13)10-18/h3-4,7,13-14,17H,5-6,8-10H2,1-2H3. The van der Waals surface area contributed by atoms with E-state index < -0.39 is 0 Å². The smallest absolute Gasteiger partial charge is 0.254 e. The Morgan fingerprint density at radius 3 is 2.89 bits per heavy atom. The fourth-order valence-corrected chi connectivity index (χ4v) is 3.36. The Hall–Kier alpha value is -1.35. The largest absolute Gasteiger partial charge is 0.338 e. The van der Waals surface area contributed by atoms with Crippen molar-refractivity contribution >= 4 is 5.91 Å². The highest BCUT2D eigenvalue weighted by atomic mass is 16.2. The van der Waals surface area contributed by atoms with E-state index >= 15 is 0 Å². The molecule has 2 fully saturated rings. The summed E-state index contributed by atoms with van der Waals surface area (Å²) in [6, 6.07) is 6.14. The van der Waals surface area contributed by atoms with E-state index in [1.54, 1.807) is 0 Å². The normalized spacial score (nSPS) is 26.3. The number of hydrogen-bond donors (Lipinski definition) is 1. The minimum absolute atomic E-state index is 0.214. The zero-order chi connectivity index (χ0) is 13.4. The molecule has 2 saturated heterocycles. The maximum Gasteiger partial charge on any atom is 0.254 e. The number of nitrogens with zero attached hydrogens (tertiary/aromatic N) is 1. The van der Waals surface area contributed by atoms with Gasteiger partial charge in [-0.1, -0.05) is 17.7 Å². The summed E-state index contributed by atoms with van der Waals surface area (Å²) in [4.78, 5) is 14.7. The predicted octanol–water partition coefficient (Wildman–Crippen LogP) is 1.98. The van der Waals surface area contributed by atoms with Crippen LogP contribution in [-0.2, 0) is 0 Å². The van der Waals surface area contributed by atoms with Crippen LogP contribution in [0.3, 0.4) is 0 Å². The Balaban J connectivity index is 1.78. The molecule has 0 saturated carbocycles. The molecule has 102 valence electrons. The molecule has 1 N–H and O–H groups in total. The van der Waals surface area contributed by atoms with Gasteiger partial charge in [-0.15, -0.1) is 0 Å². The molecule has 2 unspecified atom stereocenters. The van der Waals surface area contributed by atoms with E-state index in [1.807, 2.05) is 26.0 Å². The zero-order valence-electron chi connectivity index (χ0n) is 11.8. The van der Waals surface area contributed by atoms with Crippen molar-refractivity contribution in [3.8, 4) is 0 Å². The van der Waals surface area contributed by atoms with Crippen LogP contribution in [-0.4, -0.2) is 37.0 Å². The molecule has 2 aliphatic rings. The molecule has 2 heterocycles. The van der Waals surface area contributed by atoms with Crippen molar-refractivity contribution in [2.24, 2.45) is 11.8 Å². The van der Waals surface area contributed by atoms with Crippen LogP contribution in [0.4, 0.5) is 0 Å².